The fraction of sp³-hybridized carbons (Fsp3) is 0.452. The molecule has 9 heterocycles. The Kier molecular flexibility index (Phi) is 23.9. The minimum Gasteiger partial charge on any atom is -0.494 e. The van der Waals surface area contributed by atoms with Gasteiger partial charge in [0, 0.05) is 190 Å². The normalized spacial score (nSPS) is 19.0. The molecule has 6 fully saturated rings. The van der Waals surface area contributed by atoms with Crippen LogP contribution in [0.15, 0.2) is 124 Å². The van der Waals surface area contributed by atoms with Crippen LogP contribution in [0, 0.1) is 41.4 Å². The number of carbonyl (C=O) groups excluding carboxylic acids is 1. The quantitative estimate of drug-likeness (QED) is 0.0147. The summed E-state index contributed by atoms with van der Waals surface area (Å²) >= 11 is 0. The molecule has 0 amide bonds. The Hall–Kier alpha value is -9.60. The van der Waals surface area contributed by atoms with Crippen molar-refractivity contribution in [3.63, 3.8) is 0 Å². The monoisotopic (exact) mass is 1590 g/mol. The van der Waals surface area contributed by atoms with Crippen LogP contribution in [0.5, 0.6) is 17.2 Å². The van der Waals surface area contributed by atoms with Crippen LogP contribution in [0.4, 0.5) is 30.2 Å². The number of Topliss-reactive ketones (excluding diaryl/α,β-unsaturated/α-hetero) is 1. The molecule has 2 atom stereocenters. The van der Waals surface area contributed by atoms with Gasteiger partial charge in [-0.25, -0.2) is 13.2 Å². The number of hydrogen-bond acceptors (Lipinski definition) is 22. The molecule has 32 heteroatoms. The molecule has 18 rings (SSSR count). The van der Waals surface area contributed by atoms with Gasteiger partial charge in [-0.05, 0) is 150 Å². The standard InChI is InChI=1S/C28H32BFN4O6.C28H34BFN4O4.C28H31BFN3O5/c1-18-16-33(19-6-7-19)23-15-24(22(30)14-21(23)28(18)35)32-11-9-31(10-12-32)8-3-13-39-25-5-2-4-20-26(17-34(37)38)40-29(36)27(20)25;1-18-17-34(19-6-7-19)23-15-24(22(30)14-21(23)28(18)35)33-11-9-32(10-12-33)8-3-13-37-25-5-2-4-20-26(16-31)38-29(36)27(20)25;1-18(34)22-16-33(20-6-7-20)24-15-25(23(30)14-21(24)28(22)35)32-11-9-31(10-12-32)8-3-13-37-26-5-2-4-19-17-38-29(36)27(19)26/h2,4-5,14-16,19,26,36H,3,6-13,17H2,1H3;2,4-5,14-15,17,19,26,36H,3,6-13,16,31H2,1H3;2,4-5,14-16,20,36H,3,6-13,17H2,1H3. The summed E-state index contributed by atoms with van der Waals surface area (Å²) in [5.41, 5.74) is 14.8. The molecule has 6 aromatic carbocycles. The fourth-order valence-electron chi connectivity index (χ4n) is 17.2. The highest BCUT2D eigenvalue weighted by Crippen LogP contribution is 2.42. The third-order valence-corrected chi connectivity index (χ3v) is 23.9. The number of piperazine rings is 3. The van der Waals surface area contributed by atoms with Crippen LogP contribution < -0.4 is 67.3 Å². The van der Waals surface area contributed by atoms with E-state index in [4.69, 9.17) is 33.9 Å². The summed E-state index contributed by atoms with van der Waals surface area (Å²) in [6, 6.07) is 27.3. The van der Waals surface area contributed by atoms with Gasteiger partial charge in [-0.3, -0.25) is 44.0 Å². The second-order valence-corrected chi connectivity index (χ2v) is 31.9. The summed E-state index contributed by atoms with van der Waals surface area (Å²) in [7, 11) is -3.19. The number of nitrogens with zero attached hydrogens (tertiary/aromatic N) is 10. The molecular weight excluding hydrogens is 1490 g/mol. The summed E-state index contributed by atoms with van der Waals surface area (Å²) in [6.07, 6.45) is 13.1. The van der Waals surface area contributed by atoms with E-state index in [1.807, 2.05) is 70.4 Å². The number of aryl methyl sites for hydroxylation is 2. The molecule has 3 saturated heterocycles. The second kappa shape index (κ2) is 34.5. The van der Waals surface area contributed by atoms with E-state index in [9.17, 15) is 44.4 Å². The highest BCUT2D eigenvalue weighted by Gasteiger charge is 2.42. The maximum absolute atomic E-state index is 15.3. The van der Waals surface area contributed by atoms with Gasteiger partial charge >= 0.3 is 21.4 Å². The number of rotatable bonds is 25. The van der Waals surface area contributed by atoms with Gasteiger partial charge in [0.05, 0.1) is 71.7 Å². The molecule has 6 aliphatic heterocycles. The highest BCUT2D eigenvalue weighted by molar-refractivity contribution is 6.63. The van der Waals surface area contributed by atoms with Crippen LogP contribution >= 0.6 is 0 Å². The minimum atomic E-state index is -1.25. The van der Waals surface area contributed by atoms with Gasteiger partial charge in [-0.2, -0.15) is 0 Å². The minimum absolute atomic E-state index is 0.0870. The molecule has 3 aromatic heterocycles. The molecule has 116 heavy (non-hydrogen) atoms. The molecule has 608 valence electrons. The van der Waals surface area contributed by atoms with E-state index in [-0.39, 0.29) is 51.4 Å². The van der Waals surface area contributed by atoms with Crippen LogP contribution in [0.3, 0.4) is 0 Å². The second-order valence-electron chi connectivity index (χ2n) is 31.9. The maximum atomic E-state index is 15.3. The molecule has 0 bridgehead atoms. The number of ketones is 1. The number of nitro groups is 1. The number of benzene rings is 6. The van der Waals surface area contributed by atoms with E-state index in [1.54, 1.807) is 44.3 Å². The average Bonchev–Trinajstić information content (AvgIpc) is 1.33. The van der Waals surface area contributed by atoms with Crippen LogP contribution in [-0.4, -0.2) is 207 Å². The summed E-state index contributed by atoms with van der Waals surface area (Å²) in [4.78, 5) is 73.9. The number of aromatic nitrogens is 3. The van der Waals surface area contributed by atoms with Crippen molar-refractivity contribution in [1.29, 1.82) is 0 Å². The number of nitrogens with two attached hydrogens (primary N) is 1. The van der Waals surface area contributed by atoms with Crippen molar-refractivity contribution in [2.24, 2.45) is 5.73 Å². The van der Waals surface area contributed by atoms with Gasteiger partial charge < -0.3 is 77.4 Å². The Balaban J connectivity index is 0.000000131. The summed E-state index contributed by atoms with van der Waals surface area (Å²) < 4.78 is 86.0. The summed E-state index contributed by atoms with van der Waals surface area (Å²) in [5.74, 6) is 0.376. The van der Waals surface area contributed by atoms with Crippen LogP contribution in [-0.2, 0) is 20.6 Å². The molecule has 0 radical (unpaired) electrons. The Bertz CT molecular complexity index is 5400. The molecule has 2 unspecified atom stereocenters. The zero-order valence-corrected chi connectivity index (χ0v) is 65.6. The number of fused-ring (bicyclic) bond motifs is 6. The zero-order valence-electron chi connectivity index (χ0n) is 65.6. The van der Waals surface area contributed by atoms with Crippen molar-refractivity contribution in [1.82, 2.24) is 28.4 Å². The molecule has 9 aliphatic rings. The van der Waals surface area contributed by atoms with Crippen molar-refractivity contribution < 1.29 is 66.1 Å². The lowest BCUT2D eigenvalue weighted by Gasteiger charge is -2.36. The van der Waals surface area contributed by atoms with Crippen molar-refractivity contribution in [2.75, 3.05) is 146 Å². The van der Waals surface area contributed by atoms with Gasteiger partial charge in [0.25, 0.3) is 0 Å². The number of anilines is 3. The fourth-order valence-corrected chi connectivity index (χ4v) is 17.2. The van der Waals surface area contributed by atoms with Gasteiger partial charge in [0.1, 0.15) is 40.8 Å². The molecular formula is C84H97B3F3N11O15. The lowest BCUT2D eigenvalue weighted by Crippen LogP contribution is -2.47. The Labute approximate surface area is 670 Å². The summed E-state index contributed by atoms with van der Waals surface area (Å²) in [5, 5.41) is 42.7. The number of halogens is 3. The first-order valence-electron chi connectivity index (χ1n) is 40.7. The number of carbonyl (C=O) groups is 1. The molecule has 3 saturated carbocycles. The SMILES string of the molecule is CC(=O)c1cn(C2CC2)c2cc(N3CCN(CCCOc4cccc5c4B(O)OC5)CC3)c(F)cc2c1=O.Cc1cn(C2CC2)c2cc(N3CCN(CCCOc4cccc5c4B(O)OC5CN)CC3)c(F)cc2c1=O.Cc1cn(C2CC2)c2cc(N3CCN(CCCOc4cccc5c4B(O)OC5C[N+](=O)[O-])CC3)c(F)cc2c1=O. The zero-order chi connectivity index (χ0) is 80.7. The largest absolute Gasteiger partial charge is 0.496 e. The van der Waals surface area contributed by atoms with Gasteiger partial charge in [0.15, 0.2) is 22.1 Å². The average molecular weight is 1590 g/mol. The Morgan fingerprint density at radius 2 is 0.888 bits per heavy atom. The molecule has 0 spiro atoms. The molecule has 5 N–H and O–H groups in total. The first-order valence-corrected chi connectivity index (χ1v) is 40.7. The topological polar surface area (TPSA) is 288 Å². The first-order chi connectivity index (χ1) is 56.1. The predicted molar refractivity (Wildman–Crippen MR) is 441 cm³/mol. The van der Waals surface area contributed by atoms with Crippen LogP contribution in [0.1, 0.15) is 133 Å². The summed E-state index contributed by atoms with van der Waals surface area (Å²) in [6.45, 7) is 18.2. The third-order valence-electron chi connectivity index (χ3n) is 23.9. The van der Waals surface area contributed by atoms with E-state index in [1.165, 1.54) is 25.1 Å². The van der Waals surface area contributed by atoms with Crippen LogP contribution in [0.25, 0.3) is 32.7 Å². The molecule has 26 nitrogen and oxygen atoms in total. The van der Waals surface area contributed by atoms with E-state index in [0.29, 0.717) is 149 Å². The van der Waals surface area contributed by atoms with Crippen LogP contribution in [0.2, 0.25) is 0 Å². The van der Waals surface area contributed by atoms with Gasteiger partial charge in [-0.15, -0.1) is 0 Å². The lowest BCUT2D eigenvalue weighted by atomic mass is 9.78. The van der Waals surface area contributed by atoms with Gasteiger partial charge in [-0.1, -0.05) is 36.4 Å². The number of hydrogen-bond donors (Lipinski definition) is 4. The van der Waals surface area contributed by atoms with Crippen molar-refractivity contribution in [2.45, 2.75) is 115 Å². The van der Waals surface area contributed by atoms with E-state index < -0.39 is 50.2 Å². The number of ether oxygens (including phenoxy) is 3. The molecule has 3 aliphatic carbocycles. The Morgan fingerprint density at radius 1 is 0.517 bits per heavy atom. The van der Waals surface area contributed by atoms with Crippen molar-refractivity contribution in [3.05, 3.63) is 201 Å². The smallest absolute Gasteiger partial charge is 0.494 e. The van der Waals surface area contributed by atoms with Gasteiger partial charge in [0.2, 0.25) is 6.54 Å². The van der Waals surface area contributed by atoms with E-state index >= 15 is 13.2 Å². The first kappa shape index (κ1) is 80.2. The van der Waals surface area contributed by atoms with Crippen molar-refractivity contribution in [3.8, 4) is 17.2 Å². The third kappa shape index (κ3) is 17.1. The lowest BCUT2D eigenvalue weighted by molar-refractivity contribution is -0.490. The van der Waals surface area contributed by atoms with E-state index in [0.717, 1.165) is 157 Å². The maximum Gasteiger partial charge on any atom is 0.496 e. The van der Waals surface area contributed by atoms with E-state index in [2.05, 4.69) is 33.6 Å². The predicted octanol–water partition coefficient (Wildman–Crippen LogP) is 6.99. The highest BCUT2D eigenvalue weighted by atomic mass is 19.1. The van der Waals surface area contributed by atoms with Crippen molar-refractivity contribution >= 4 is 93.3 Å². The molecule has 9 aromatic rings. The number of pyridine rings is 3. The Morgan fingerprint density at radius 3 is 1.28 bits per heavy atom.